The molecule has 0 aliphatic carbocycles. The Balaban J connectivity index is 1.80. The Morgan fingerprint density at radius 1 is 1.09 bits per heavy atom. The summed E-state index contributed by atoms with van der Waals surface area (Å²) >= 11 is 1.40. The van der Waals surface area contributed by atoms with E-state index in [4.69, 9.17) is 4.74 Å². The first-order chi connectivity index (χ1) is 15.8. The van der Waals surface area contributed by atoms with Gasteiger partial charge in [0.05, 0.1) is 12.2 Å². The number of thiophene rings is 1. The molecule has 1 amide bonds. The highest BCUT2D eigenvalue weighted by Gasteiger charge is 2.47. The summed E-state index contributed by atoms with van der Waals surface area (Å²) in [5.74, 6) is -1.23. The molecule has 1 fully saturated rings. The van der Waals surface area contributed by atoms with Gasteiger partial charge in [-0.2, -0.15) is 0 Å². The van der Waals surface area contributed by atoms with Crippen molar-refractivity contribution in [1.29, 1.82) is 0 Å². The molecule has 170 valence electrons. The number of aliphatic hydroxyl groups excluding tert-OH is 1. The van der Waals surface area contributed by atoms with Gasteiger partial charge in [0.15, 0.2) is 0 Å². The van der Waals surface area contributed by atoms with Gasteiger partial charge in [-0.1, -0.05) is 13.8 Å². The average Bonchev–Trinajstić information content (AvgIpc) is 3.33. The number of aliphatic hydroxyl groups is 1. The number of ether oxygens (including phenoxy) is 1. The molecular weight excluding hydrogens is 441 g/mol. The van der Waals surface area contributed by atoms with Crippen molar-refractivity contribution in [2.75, 3.05) is 11.5 Å². The van der Waals surface area contributed by atoms with Crippen LogP contribution in [0.4, 0.5) is 10.1 Å². The Kier molecular flexibility index (Phi) is 6.33. The van der Waals surface area contributed by atoms with Crippen LogP contribution < -0.4 is 9.64 Å². The van der Waals surface area contributed by atoms with Crippen LogP contribution in [-0.4, -0.2) is 23.4 Å². The number of benzene rings is 2. The molecule has 1 saturated heterocycles. The first kappa shape index (κ1) is 22.7. The third-order valence-corrected chi connectivity index (χ3v) is 6.48. The first-order valence-corrected chi connectivity index (χ1v) is 11.5. The third kappa shape index (κ3) is 4.41. The first-order valence-electron chi connectivity index (χ1n) is 10.6. The van der Waals surface area contributed by atoms with Crippen LogP contribution in [-0.2, 0) is 9.59 Å². The lowest BCUT2D eigenvalue weighted by atomic mass is 9.98. The van der Waals surface area contributed by atoms with Crippen molar-refractivity contribution in [1.82, 2.24) is 0 Å². The maximum Gasteiger partial charge on any atom is 0.300 e. The van der Waals surface area contributed by atoms with Gasteiger partial charge in [0, 0.05) is 16.1 Å². The summed E-state index contributed by atoms with van der Waals surface area (Å²) in [6.45, 7) is 6.54. The molecule has 7 heteroatoms. The van der Waals surface area contributed by atoms with Crippen LogP contribution in [0.3, 0.4) is 0 Å². The quantitative estimate of drug-likeness (QED) is 0.281. The Bertz CT molecular complexity index is 1210. The Morgan fingerprint density at radius 3 is 2.33 bits per heavy atom. The summed E-state index contributed by atoms with van der Waals surface area (Å²) < 4.78 is 19.2. The summed E-state index contributed by atoms with van der Waals surface area (Å²) in [4.78, 5) is 28.3. The molecule has 33 heavy (non-hydrogen) atoms. The van der Waals surface area contributed by atoms with Crippen LogP contribution in [0.5, 0.6) is 5.75 Å². The monoisotopic (exact) mass is 465 g/mol. The van der Waals surface area contributed by atoms with Crippen LogP contribution in [0.2, 0.25) is 0 Å². The number of rotatable bonds is 6. The number of ketones is 1. The number of carbonyl (C=O) groups is 2. The second kappa shape index (κ2) is 9.19. The standard InChI is InChI=1S/C26H24FNO4S/c1-15(2)14-32-20-10-4-17(5-11-20)23(29)21-22(25-16(3)12-13-33-25)28(26(31)24(21)30)19-8-6-18(27)7-9-19/h4-13,15,22,29H,14H2,1-3H3/b23-21-. The van der Waals surface area contributed by atoms with Gasteiger partial charge in [-0.15, -0.1) is 11.3 Å². The van der Waals surface area contributed by atoms with Crippen molar-refractivity contribution in [2.45, 2.75) is 26.8 Å². The maximum absolute atomic E-state index is 13.5. The number of hydrogen-bond acceptors (Lipinski definition) is 5. The van der Waals surface area contributed by atoms with Gasteiger partial charge in [-0.05, 0) is 78.4 Å². The van der Waals surface area contributed by atoms with Gasteiger partial charge in [-0.25, -0.2) is 4.39 Å². The zero-order valence-electron chi connectivity index (χ0n) is 18.5. The van der Waals surface area contributed by atoms with Crippen LogP contribution in [0.1, 0.15) is 35.9 Å². The molecular formula is C26H24FNO4S. The summed E-state index contributed by atoms with van der Waals surface area (Å²) in [7, 11) is 0. The lowest BCUT2D eigenvalue weighted by Crippen LogP contribution is -2.29. The third-order valence-electron chi connectivity index (χ3n) is 5.41. The fourth-order valence-electron chi connectivity index (χ4n) is 3.74. The zero-order valence-corrected chi connectivity index (χ0v) is 19.4. The molecule has 4 rings (SSSR count). The van der Waals surface area contributed by atoms with Crippen LogP contribution in [0.15, 0.2) is 65.6 Å². The van der Waals surface area contributed by atoms with Crippen molar-refractivity contribution in [3.8, 4) is 5.75 Å². The topological polar surface area (TPSA) is 66.8 Å². The van der Waals surface area contributed by atoms with Crippen molar-refractivity contribution < 1.29 is 23.8 Å². The van der Waals surface area contributed by atoms with E-state index < -0.39 is 23.5 Å². The van der Waals surface area contributed by atoms with E-state index in [-0.39, 0.29) is 11.3 Å². The predicted molar refractivity (Wildman–Crippen MR) is 127 cm³/mol. The van der Waals surface area contributed by atoms with Crippen molar-refractivity contribution in [3.63, 3.8) is 0 Å². The minimum absolute atomic E-state index is 0.00530. The minimum Gasteiger partial charge on any atom is -0.507 e. The molecule has 0 bridgehead atoms. The van der Waals surface area contributed by atoms with Crippen molar-refractivity contribution in [2.24, 2.45) is 5.92 Å². The average molecular weight is 466 g/mol. The molecule has 1 aliphatic heterocycles. The molecule has 3 aromatic rings. The van der Waals surface area contributed by atoms with Gasteiger partial charge >= 0.3 is 0 Å². The van der Waals surface area contributed by atoms with E-state index in [9.17, 15) is 19.1 Å². The summed E-state index contributed by atoms with van der Waals surface area (Å²) in [5, 5.41) is 13.0. The van der Waals surface area contributed by atoms with Crippen LogP contribution in [0, 0.1) is 18.7 Å². The fraction of sp³-hybridized carbons (Fsp3) is 0.231. The van der Waals surface area contributed by atoms with Gasteiger partial charge in [0.2, 0.25) is 0 Å². The number of carbonyl (C=O) groups excluding carboxylic acids is 2. The van der Waals surface area contributed by atoms with Gasteiger partial charge in [-0.3, -0.25) is 14.5 Å². The highest BCUT2D eigenvalue weighted by molar-refractivity contribution is 7.10. The Morgan fingerprint density at radius 2 is 1.76 bits per heavy atom. The second-order valence-electron chi connectivity index (χ2n) is 8.34. The molecule has 2 heterocycles. The normalized spacial score (nSPS) is 17.7. The molecule has 1 unspecified atom stereocenters. The lowest BCUT2D eigenvalue weighted by molar-refractivity contribution is -0.132. The van der Waals surface area contributed by atoms with Gasteiger partial charge < -0.3 is 9.84 Å². The summed E-state index contributed by atoms with van der Waals surface area (Å²) in [5.41, 5.74) is 1.68. The molecule has 1 aliphatic rings. The number of anilines is 1. The van der Waals surface area contributed by atoms with Crippen LogP contribution in [0.25, 0.3) is 5.76 Å². The highest BCUT2D eigenvalue weighted by atomic mass is 32.1. The molecule has 2 aromatic carbocycles. The summed E-state index contributed by atoms with van der Waals surface area (Å²) in [6.07, 6.45) is 0. The Labute approximate surface area is 195 Å². The number of nitrogens with zero attached hydrogens (tertiary/aromatic N) is 1. The molecule has 1 atom stereocenters. The number of amides is 1. The van der Waals surface area contributed by atoms with E-state index in [0.717, 1.165) is 10.4 Å². The SMILES string of the molecule is Cc1ccsc1C1/C(=C(/O)c2ccc(OCC(C)C)cc2)C(=O)C(=O)N1c1ccc(F)cc1. The van der Waals surface area contributed by atoms with E-state index in [1.807, 2.05) is 32.2 Å². The fourth-order valence-corrected chi connectivity index (χ4v) is 4.77. The highest BCUT2D eigenvalue weighted by Crippen LogP contribution is 2.44. The van der Waals surface area contributed by atoms with E-state index in [1.54, 1.807) is 24.3 Å². The maximum atomic E-state index is 13.5. The number of hydrogen-bond donors (Lipinski definition) is 1. The molecule has 5 nitrogen and oxygen atoms in total. The van der Waals surface area contributed by atoms with Crippen molar-refractivity contribution >= 4 is 34.5 Å². The minimum atomic E-state index is -0.813. The van der Waals surface area contributed by atoms with E-state index in [0.29, 0.717) is 29.5 Å². The zero-order chi connectivity index (χ0) is 23.7. The Hall–Kier alpha value is -3.45. The molecule has 1 N–H and O–H groups in total. The smallest absolute Gasteiger partial charge is 0.300 e. The lowest BCUT2D eigenvalue weighted by Gasteiger charge is -2.25. The van der Waals surface area contributed by atoms with Crippen molar-refractivity contribution in [3.05, 3.63) is 87.4 Å². The largest absolute Gasteiger partial charge is 0.507 e. The van der Waals surface area contributed by atoms with Crippen LogP contribution >= 0.6 is 11.3 Å². The van der Waals surface area contributed by atoms with Gasteiger partial charge in [0.1, 0.15) is 23.4 Å². The summed E-state index contributed by atoms with van der Waals surface area (Å²) in [6, 6.07) is 13.2. The molecule has 1 aromatic heterocycles. The second-order valence-corrected chi connectivity index (χ2v) is 9.29. The van der Waals surface area contributed by atoms with E-state index in [2.05, 4.69) is 0 Å². The molecule has 0 saturated carbocycles. The van der Waals surface area contributed by atoms with E-state index >= 15 is 0 Å². The molecule has 0 radical (unpaired) electrons. The number of aryl methyl sites for hydroxylation is 1. The van der Waals surface area contributed by atoms with E-state index in [1.165, 1.54) is 40.5 Å². The molecule has 0 spiro atoms. The number of halogens is 1. The van der Waals surface area contributed by atoms with Gasteiger partial charge in [0.25, 0.3) is 11.7 Å². The number of Topliss-reactive ketones (excluding diaryl/α,β-unsaturated/α-hetero) is 1. The predicted octanol–water partition coefficient (Wildman–Crippen LogP) is 5.86.